The molecule has 688 valence electrons. The van der Waals surface area contributed by atoms with Crippen LogP contribution in [-0.2, 0) is 21.7 Å². The smallest absolute Gasteiger partial charge is 0.0542 e. The number of aromatic nitrogens is 2. The van der Waals surface area contributed by atoms with Crippen LogP contribution in [0.5, 0.6) is 0 Å². The number of hydrogen-bond donors (Lipinski definition) is 1. The molecule has 6 nitrogen and oxygen atoms in total. The number of para-hydroxylation sites is 6. The first-order valence-corrected chi connectivity index (χ1v) is 52.1. The van der Waals surface area contributed by atoms with Crippen LogP contribution in [0.2, 0.25) is 0 Å². The summed E-state index contributed by atoms with van der Waals surface area (Å²) in [4.78, 5) is 7.20. The Bertz CT molecular complexity index is 8030. The van der Waals surface area contributed by atoms with Gasteiger partial charge in [-0.25, -0.2) is 0 Å². The Morgan fingerprint density at radius 3 is 0.922 bits per heavy atom. The van der Waals surface area contributed by atoms with E-state index in [0.29, 0.717) is 10.8 Å². The van der Waals surface area contributed by atoms with Crippen LogP contribution in [-0.4, -0.2) is 9.13 Å². The largest absolute Gasteiger partial charge is 0.356 e. The van der Waals surface area contributed by atoms with Crippen LogP contribution in [0, 0.1) is 35.5 Å². The standard InChI is InChI=1S/C67H57N3.C36H25BrN2.C31H33N/c1-66(2)62-19-11-9-17-58(62)59-35-33-57(41-63(59)66)69(55-31-25-50(26-32-55)67-42-45-37-46(43-67)39-47(38-45)44-67)54-29-23-49(24-30-54)48-21-27-53(28-22-48)68(51-13-5-3-6-14-51)56-34-36-65-61(40-56)60-18-10-12-20-64(60)70(65)52-15-7-4-8-16-52;37-28-19-15-26(16-20-28)27-17-21-31(22-18-27)38(29-9-3-1-4-10-29)32-23-24-36-34(25-32)33-13-7-8-14-35(33)39(36)30-11-5-2-6-12-30;1-30(2)28-6-4-3-5-26(28)27-12-11-25(16-29(27)30)32-24-9-7-23(8-10-24)31-17-20-13-21(18-31)15-22(14-20)19-31/h3-36,40-41,45-47H,37-39,42-44H2,1-2H3;1-25H;3-12,16,20-22,32H,13-15,17-19H2,1-2H3. The van der Waals surface area contributed by atoms with Crippen LogP contribution >= 0.6 is 15.9 Å². The van der Waals surface area contributed by atoms with E-state index in [9.17, 15) is 0 Å². The Morgan fingerprint density at radius 2 is 0.518 bits per heavy atom. The molecule has 0 spiro atoms. The molecule has 8 bridgehead atoms. The topological polar surface area (TPSA) is 31.6 Å². The van der Waals surface area contributed by atoms with Gasteiger partial charge in [0.05, 0.1) is 22.1 Å². The normalized spacial score (nSPS) is 20.2. The minimum absolute atomic E-state index is 0.0476. The van der Waals surface area contributed by atoms with Gasteiger partial charge in [-0.1, -0.05) is 286 Å². The van der Waals surface area contributed by atoms with E-state index in [1.807, 2.05) is 0 Å². The number of nitrogens with zero attached hydrogens (tertiary/aromatic N) is 5. The molecule has 0 unspecified atom stereocenters. The molecule has 10 aliphatic rings. The first-order valence-electron chi connectivity index (χ1n) is 51.3. The Morgan fingerprint density at radius 1 is 0.234 bits per heavy atom. The summed E-state index contributed by atoms with van der Waals surface area (Å²) < 4.78 is 5.82. The summed E-state index contributed by atoms with van der Waals surface area (Å²) in [6.45, 7) is 9.47. The van der Waals surface area contributed by atoms with Crippen LogP contribution in [0.4, 0.5) is 62.6 Å². The van der Waals surface area contributed by atoms with E-state index in [-0.39, 0.29) is 10.8 Å². The quantitative estimate of drug-likeness (QED) is 0.0985. The van der Waals surface area contributed by atoms with E-state index >= 15 is 0 Å². The number of hydrogen-bond acceptors (Lipinski definition) is 4. The molecule has 2 heterocycles. The summed E-state index contributed by atoms with van der Waals surface area (Å²) in [5.41, 5.74) is 39.7. The summed E-state index contributed by atoms with van der Waals surface area (Å²) in [5.74, 6) is 5.77. The van der Waals surface area contributed by atoms with Crippen LogP contribution in [0.15, 0.2) is 441 Å². The van der Waals surface area contributed by atoms with Gasteiger partial charge in [-0.05, 0) is 395 Å². The zero-order chi connectivity index (χ0) is 94.2. The second-order valence-corrected chi connectivity index (χ2v) is 44.0. The molecule has 7 heteroatoms. The third kappa shape index (κ3) is 15.4. The molecule has 30 rings (SSSR count). The molecular formula is C134H115BrN6. The fraction of sp³-hybridized carbons (Fsp3) is 0.194. The van der Waals surface area contributed by atoms with Crippen LogP contribution < -0.4 is 20.0 Å². The summed E-state index contributed by atoms with van der Waals surface area (Å²) in [6.07, 6.45) is 17.4. The van der Waals surface area contributed by atoms with Crippen molar-refractivity contribution in [2.24, 2.45) is 35.5 Å². The average Bonchev–Trinajstić information content (AvgIpc) is 1.73. The van der Waals surface area contributed by atoms with E-state index in [4.69, 9.17) is 0 Å². The number of anilines is 11. The van der Waals surface area contributed by atoms with Crippen molar-refractivity contribution in [3.63, 3.8) is 0 Å². The minimum atomic E-state index is -0.0857. The van der Waals surface area contributed by atoms with Crippen molar-refractivity contribution in [1.82, 2.24) is 9.13 Å². The van der Waals surface area contributed by atoms with Gasteiger partial charge in [-0.2, -0.15) is 0 Å². The Hall–Kier alpha value is -14.8. The van der Waals surface area contributed by atoms with E-state index in [2.05, 4.69) is 510 Å². The molecule has 141 heavy (non-hydrogen) atoms. The molecule has 0 saturated heterocycles. The monoisotopic (exact) mass is 1890 g/mol. The number of rotatable bonds is 17. The lowest BCUT2D eigenvalue weighted by atomic mass is 9.48. The Balaban J connectivity index is 0.000000120. The molecule has 0 radical (unpaired) electrons. The van der Waals surface area contributed by atoms with Gasteiger partial charge in [0, 0.05) is 111 Å². The van der Waals surface area contributed by atoms with Gasteiger partial charge in [0.1, 0.15) is 0 Å². The third-order valence-corrected chi connectivity index (χ3v) is 34.3. The third-order valence-electron chi connectivity index (χ3n) is 33.8. The Kier molecular flexibility index (Phi) is 21.4. The molecule has 0 aliphatic heterocycles. The van der Waals surface area contributed by atoms with Crippen molar-refractivity contribution < 1.29 is 0 Å². The van der Waals surface area contributed by atoms with Crippen LogP contribution in [0.25, 0.3) is 99.5 Å². The highest BCUT2D eigenvalue weighted by Gasteiger charge is 2.53. The van der Waals surface area contributed by atoms with E-state index in [1.165, 1.54) is 216 Å². The van der Waals surface area contributed by atoms with Gasteiger partial charge in [0.15, 0.2) is 0 Å². The maximum Gasteiger partial charge on any atom is 0.0542 e. The fourth-order valence-electron chi connectivity index (χ4n) is 28.0. The first-order chi connectivity index (χ1) is 69.1. The summed E-state index contributed by atoms with van der Waals surface area (Å²) >= 11 is 3.54. The second-order valence-electron chi connectivity index (χ2n) is 43.1. The maximum absolute atomic E-state index is 3.70. The number of nitrogens with one attached hydrogen (secondary N) is 1. The molecule has 1 N–H and O–H groups in total. The molecule has 20 aromatic rings. The molecule has 18 aromatic carbocycles. The summed E-state index contributed by atoms with van der Waals surface area (Å²) in [5, 5.41) is 8.66. The lowest BCUT2D eigenvalue weighted by Crippen LogP contribution is -2.48. The lowest BCUT2D eigenvalue weighted by Gasteiger charge is -2.57. The Labute approximate surface area is 837 Å². The van der Waals surface area contributed by atoms with E-state index in [0.717, 1.165) is 85.5 Å². The number of halogens is 1. The van der Waals surface area contributed by atoms with Crippen molar-refractivity contribution in [1.29, 1.82) is 0 Å². The summed E-state index contributed by atoms with van der Waals surface area (Å²) in [7, 11) is 0. The van der Waals surface area contributed by atoms with Gasteiger partial charge in [-0.3, -0.25) is 0 Å². The summed E-state index contributed by atoms with van der Waals surface area (Å²) in [6, 6.07) is 161. The highest BCUT2D eigenvalue weighted by Crippen LogP contribution is 2.64. The predicted octanol–water partition coefficient (Wildman–Crippen LogP) is 37.1. The van der Waals surface area contributed by atoms with Gasteiger partial charge in [0.25, 0.3) is 0 Å². The molecule has 8 fully saturated rings. The van der Waals surface area contributed by atoms with E-state index < -0.39 is 0 Å². The maximum atomic E-state index is 3.70. The fourth-order valence-corrected chi connectivity index (χ4v) is 28.3. The van der Waals surface area contributed by atoms with Crippen molar-refractivity contribution >= 4 is 122 Å². The number of benzene rings is 18. The van der Waals surface area contributed by atoms with Gasteiger partial charge in [-0.15, -0.1) is 0 Å². The zero-order valence-corrected chi connectivity index (χ0v) is 82.2. The molecule has 0 amide bonds. The molecule has 0 atom stereocenters. The molecule has 10 aliphatic carbocycles. The second kappa shape index (κ2) is 34.9. The van der Waals surface area contributed by atoms with Gasteiger partial charge in [0.2, 0.25) is 0 Å². The predicted molar refractivity (Wildman–Crippen MR) is 595 cm³/mol. The lowest BCUT2D eigenvalue weighted by molar-refractivity contribution is -0.00530. The highest BCUT2D eigenvalue weighted by atomic mass is 79.9. The van der Waals surface area contributed by atoms with Gasteiger partial charge < -0.3 is 29.2 Å². The average molecular weight is 1890 g/mol. The number of fused-ring (bicyclic) bond motifs is 12. The molecule has 2 aromatic heterocycles. The van der Waals surface area contributed by atoms with Crippen molar-refractivity contribution in [3.8, 4) is 55.9 Å². The molecule has 8 saturated carbocycles. The van der Waals surface area contributed by atoms with Gasteiger partial charge >= 0.3 is 0 Å². The van der Waals surface area contributed by atoms with Crippen molar-refractivity contribution in [3.05, 3.63) is 475 Å². The molecular weight excluding hydrogens is 1770 g/mol. The minimum Gasteiger partial charge on any atom is -0.356 e. The zero-order valence-electron chi connectivity index (χ0n) is 80.6. The van der Waals surface area contributed by atoms with Crippen molar-refractivity contribution in [2.45, 2.75) is 126 Å². The van der Waals surface area contributed by atoms with E-state index in [1.54, 1.807) is 11.1 Å². The van der Waals surface area contributed by atoms with Crippen LogP contribution in [0.1, 0.15) is 138 Å². The SMILES string of the molecule is Brc1ccc(-c2ccc(N(c3ccccc3)c3ccc4c(c3)c3ccccc3n4-c3ccccc3)cc2)cc1.CC1(C)c2ccccc2-c2ccc(N(c3ccc(-c4ccc(N(c5ccccc5)c5ccc6c(c5)c5ccccc5n6-c5ccccc5)cc4)cc3)c3ccc(C45CC6CC(CC(C6)C4)C5)cc3)cc21.CC1(C)c2ccccc2-c2ccc(Nc3ccc(C45CC6CC(CC(C6)C4)C5)cc3)cc21. The van der Waals surface area contributed by atoms with Crippen LogP contribution in [0.3, 0.4) is 0 Å². The first kappa shape index (κ1) is 86.6. The van der Waals surface area contributed by atoms with Crippen molar-refractivity contribution in [2.75, 3.05) is 20.0 Å². The highest BCUT2D eigenvalue weighted by molar-refractivity contribution is 9.10.